The molecule has 62 valence electrons. The number of pyridine rings is 1. The molecule has 0 aromatic carbocycles. The summed E-state index contributed by atoms with van der Waals surface area (Å²) in [7, 11) is 0. The highest BCUT2D eigenvalue weighted by Gasteiger charge is 2.10. The van der Waals surface area contributed by atoms with Crippen LogP contribution in [0.1, 0.15) is 19.9 Å². The molecule has 0 atom stereocenters. The predicted octanol–water partition coefficient (Wildman–Crippen LogP) is 1.20. The molecule has 0 N–H and O–H groups in total. The van der Waals surface area contributed by atoms with Crippen LogP contribution in [0.2, 0.25) is 0 Å². The molecule has 0 aliphatic rings. The highest BCUT2D eigenvalue weighted by Crippen LogP contribution is 1.97. The lowest BCUT2D eigenvalue weighted by Gasteiger charge is -1.99. The first-order chi connectivity index (χ1) is 5.79. The Hall–Kier alpha value is -1.38. The Morgan fingerprint density at radius 1 is 1.42 bits per heavy atom. The van der Waals surface area contributed by atoms with Crippen molar-refractivity contribution in [3.05, 3.63) is 30.7 Å². The Morgan fingerprint density at radius 3 is 3.00 bits per heavy atom. The average molecular weight is 162 g/mol. The molecular formula is C9H12N3+. The Labute approximate surface area is 71.3 Å². The van der Waals surface area contributed by atoms with Crippen molar-refractivity contribution in [2.75, 3.05) is 0 Å². The zero-order valence-corrected chi connectivity index (χ0v) is 7.31. The molecule has 0 aliphatic heterocycles. The minimum absolute atomic E-state index is 0.447. The number of hydrogen-bond acceptors (Lipinski definition) is 1. The molecule has 12 heavy (non-hydrogen) atoms. The van der Waals surface area contributed by atoms with Gasteiger partial charge in [0.05, 0.1) is 6.20 Å². The van der Waals surface area contributed by atoms with Crippen LogP contribution in [0.25, 0.3) is 5.65 Å². The van der Waals surface area contributed by atoms with Gasteiger partial charge >= 0.3 is 6.33 Å². The highest BCUT2D eigenvalue weighted by molar-refractivity contribution is 5.33. The van der Waals surface area contributed by atoms with Gasteiger partial charge in [-0.3, -0.25) is 0 Å². The molecule has 0 unspecified atom stereocenters. The number of hydrogen-bond donors (Lipinski definition) is 0. The van der Waals surface area contributed by atoms with Crippen LogP contribution >= 0.6 is 0 Å². The van der Waals surface area contributed by atoms with Gasteiger partial charge < -0.3 is 0 Å². The highest BCUT2D eigenvalue weighted by atomic mass is 15.4. The third-order valence-corrected chi connectivity index (χ3v) is 1.90. The zero-order valence-electron chi connectivity index (χ0n) is 7.31. The maximum absolute atomic E-state index is 4.27. The van der Waals surface area contributed by atoms with Crippen molar-refractivity contribution in [2.24, 2.45) is 0 Å². The summed E-state index contributed by atoms with van der Waals surface area (Å²) in [5.41, 5.74) is 0.992. The van der Waals surface area contributed by atoms with Crippen molar-refractivity contribution in [3.63, 3.8) is 0 Å². The van der Waals surface area contributed by atoms with Gasteiger partial charge in [-0.05, 0) is 24.9 Å². The van der Waals surface area contributed by atoms with E-state index >= 15 is 0 Å². The topological polar surface area (TPSA) is 21.2 Å². The number of rotatable bonds is 1. The van der Waals surface area contributed by atoms with Gasteiger partial charge in [0.1, 0.15) is 6.04 Å². The lowest BCUT2D eigenvalue weighted by molar-refractivity contribution is -0.778. The second-order valence-corrected chi connectivity index (χ2v) is 3.12. The maximum atomic E-state index is 4.27. The van der Waals surface area contributed by atoms with Crippen LogP contribution in [-0.4, -0.2) is 9.50 Å². The van der Waals surface area contributed by atoms with Crippen molar-refractivity contribution in [1.29, 1.82) is 0 Å². The van der Waals surface area contributed by atoms with Crippen molar-refractivity contribution in [3.8, 4) is 0 Å². The normalized spacial score (nSPS) is 11.2. The second-order valence-electron chi connectivity index (χ2n) is 3.12. The van der Waals surface area contributed by atoms with Crippen LogP contribution in [-0.2, 0) is 0 Å². The Balaban J connectivity index is 2.70. The summed E-state index contributed by atoms with van der Waals surface area (Å²) in [5, 5.41) is 0. The van der Waals surface area contributed by atoms with E-state index in [9.17, 15) is 0 Å². The molecule has 0 saturated heterocycles. The van der Waals surface area contributed by atoms with Crippen molar-refractivity contribution in [1.82, 2.24) is 9.50 Å². The van der Waals surface area contributed by atoms with E-state index in [2.05, 4.69) is 23.5 Å². The third kappa shape index (κ3) is 0.978. The maximum Gasteiger partial charge on any atom is 0.308 e. The SMILES string of the molecule is CC(C)[n+]1cnc2ccccn21. The smallest absolute Gasteiger partial charge is 0.149 e. The third-order valence-electron chi connectivity index (χ3n) is 1.90. The summed E-state index contributed by atoms with van der Waals surface area (Å²) in [4.78, 5) is 4.27. The largest absolute Gasteiger partial charge is 0.308 e. The van der Waals surface area contributed by atoms with Crippen LogP contribution in [0.5, 0.6) is 0 Å². The van der Waals surface area contributed by atoms with Gasteiger partial charge in [-0.1, -0.05) is 6.07 Å². The van der Waals surface area contributed by atoms with E-state index in [0.717, 1.165) is 5.65 Å². The molecule has 0 saturated carbocycles. The van der Waals surface area contributed by atoms with Crippen LogP contribution in [0.4, 0.5) is 0 Å². The van der Waals surface area contributed by atoms with Gasteiger partial charge in [-0.2, -0.15) is 0 Å². The summed E-state index contributed by atoms with van der Waals surface area (Å²) < 4.78 is 4.14. The van der Waals surface area contributed by atoms with E-state index < -0.39 is 0 Å². The molecule has 0 fully saturated rings. The van der Waals surface area contributed by atoms with Crippen LogP contribution < -0.4 is 4.68 Å². The summed E-state index contributed by atoms with van der Waals surface area (Å²) >= 11 is 0. The number of nitrogens with zero attached hydrogens (tertiary/aromatic N) is 3. The lowest BCUT2D eigenvalue weighted by atomic mass is 10.4. The summed E-state index contributed by atoms with van der Waals surface area (Å²) in [6, 6.07) is 6.45. The van der Waals surface area contributed by atoms with Crippen molar-refractivity contribution in [2.45, 2.75) is 19.9 Å². The average Bonchev–Trinajstić information content (AvgIpc) is 2.47. The van der Waals surface area contributed by atoms with Gasteiger partial charge in [0, 0.05) is 6.07 Å². The van der Waals surface area contributed by atoms with Gasteiger partial charge in [0.15, 0.2) is 0 Å². The van der Waals surface area contributed by atoms with E-state index in [1.54, 1.807) is 0 Å². The molecule has 3 heteroatoms. The zero-order chi connectivity index (χ0) is 8.55. The van der Waals surface area contributed by atoms with Crippen LogP contribution in [0.3, 0.4) is 0 Å². The summed E-state index contributed by atoms with van der Waals surface area (Å²) in [6.45, 7) is 4.28. The van der Waals surface area contributed by atoms with Gasteiger partial charge in [0.25, 0.3) is 5.65 Å². The van der Waals surface area contributed by atoms with E-state index in [0.29, 0.717) is 6.04 Å². The number of aromatic nitrogens is 3. The minimum atomic E-state index is 0.447. The first kappa shape index (κ1) is 7.28. The van der Waals surface area contributed by atoms with E-state index in [-0.39, 0.29) is 0 Å². The molecule has 2 heterocycles. The minimum Gasteiger partial charge on any atom is -0.149 e. The molecule has 2 rings (SSSR count). The molecule has 2 aromatic heterocycles. The van der Waals surface area contributed by atoms with Crippen molar-refractivity contribution >= 4 is 5.65 Å². The monoisotopic (exact) mass is 162 g/mol. The fourth-order valence-electron chi connectivity index (χ4n) is 1.28. The predicted molar refractivity (Wildman–Crippen MR) is 45.8 cm³/mol. The Bertz CT molecular complexity index is 389. The first-order valence-electron chi connectivity index (χ1n) is 4.12. The fourth-order valence-corrected chi connectivity index (χ4v) is 1.28. The lowest BCUT2D eigenvalue weighted by Crippen LogP contribution is -2.40. The molecule has 0 bridgehead atoms. The molecule has 0 spiro atoms. The Morgan fingerprint density at radius 2 is 2.25 bits per heavy atom. The van der Waals surface area contributed by atoms with E-state index in [1.165, 1.54) is 0 Å². The summed E-state index contributed by atoms with van der Waals surface area (Å²) in [5.74, 6) is 0. The summed E-state index contributed by atoms with van der Waals surface area (Å²) in [6.07, 6.45) is 3.88. The van der Waals surface area contributed by atoms with Crippen LogP contribution in [0, 0.1) is 0 Å². The number of fused-ring (bicyclic) bond motifs is 1. The molecule has 2 aromatic rings. The molecule has 3 nitrogen and oxygen atoms in total. The fraction of sp³-hybridized carbons (Fsp3) is 0.333. The molecule has 0 aliphatic carbocycles. The molecule has 0 amide bonds. The van der Waals surface area contributed by atoms with Gasteiger partial charge in [-0.15, -0.1) is 9.20 Å². The first-order valence-corrected chi connectivity index (χ1v) is 4.12. The van der Waals surface area contributed by atoms with Crippen LogP contribution in [0.15, 0.2) is 30.7 Å². The van der Waals surface area contributed by atoms with E-state index in [4.69, 9.17) is 0 Å². The van der Waals surface area contributed by atoms with Gasteiger partial charge in [0.2, 0.25) is 0 Å². The Kier molecular flexibility index (Phi) is 1.57. The molecule has 0 radical (unpaired) electrons. The van der Waals surface area contributed by atoms with Crippen molar-refractivity contribution < 1.29 is 4.68 Å². The molecular weight excluding hydrogens is 150 g/mol. The quantitative estimate of drug-likeness (QED) is 0.577. The van der Waals surface area contributed by atoms with E-state index in [1.807, 2.05) is 35.2 Å². The standard InChI is InChI=1S/C9H12N3/c1-8(2)12-7-10-9-5-3-4-6-11(9)12/h3-8H,1-2H3/q+1. The van der Waals surface area contributed by atoms with Gasteiger partial charge in [-0.25, -0.2) is 0 Å². The second kappa shape index (κ2) is 2.59.